The van der Waals surface area contributed by atoms with Crippen LogP contribution in [0.2, 0.25) is 0 Å². The second-order valence-corrected chi connectivity index (χ2v) is 14.0. The molecule has 3 saturated heterocycles. The average molecular weight is 695 g/mol. The molecule has 11 nitrogen and oxygen atoms in total. The van der Waals surface area contributed by atoms with Crippen molar-refractivity contribution in [2.24, 2.45) is 0 Å². The van der Waals surface area contributed by atoms with Gasteiger partial charge in [0.25, 0.3) is 17.7 Å². The van der Waals surface area contributed by atoms with E-state index in [1.165, 1.54) is 32.4 Å². The zero-order valence-electron chi connectivity index (χ0n) is 30.5. The van der Waals surface area contributed by atoms with E-state index in [9.17, 15) is 24.0 Å². The first-order chi connectivity index (χ1) is 23.9. The number of benzene rings is 1. The summed E-state index contributed by atoms with van der Waals surface area (Å²) in [5.74, 6) is -2.12. The number of carbonyl (C=O) groups is 5. The van der Waals surface area contributed by atoms with Gasteiger partial charge in [-0.2, -0.15) is 0 Å². The molecule has 0 radical (unpaired) electrons. The van der Waals surface area contributed by atoms with Gasteiger partial charge in [0.1, 0.15) is 11.7 Å². The fourth-order valence-electron chi connectivity index (χ4n) is 7.07. The number of amides is 5. The zero-order valence-corrected chi connectivity index (χ0v) is 30.5. The van der Waals surface area contributed by atoms with E-state index in [2.05, 4.69) is 17.3 Å². The van der Waals surface area contributed by atoms with E-state index in [0.717, 1.165) is 10.6 Å². The smallest absolute Gasteiger partial charge is 0.262 e. The van der Waals surface area contributed by atoms with E-state index in [0.29, 0.717) is 50.2 Å². The number of nitrogens with one attached hydrogen (secondary N) is 1. The van der Waals surface area contributed by atoms with Crippen molar-refractivity contribution in [1.82, 2.24) is 29.8 Å². The summed E-state index contributed by atoms with van der Waals surface area (Å²) >= 11 is 0. The Morgan fingerprint density at radius 3 is 2.18 bits per heavy atom. The minimum atomic E-state index is -1.39. The molecule has 1 aromatic carbocycles. The predicted molar refractivity (Wildman–Crippen MR) is 191 cm³/mol. The quantitative estimate of drug-likeness (QED) is 0.349. The minimum absolute atomic E-state index is 0.0690. The maximum atomic E-state index is 15.8. The van der Waals surface area contributed by atoms with Crippen LogP contribution in [0.15, 0.2) is 53.3 Å². The Bertz CT molecular complexity index is 1450. The highest BCUT2D eigenvalue weighted by Crippen LogP contribution is 2.31. The lowest BCUT2D eigenvalue weighted by Crippen LogP contribution is -2.54. The van der Waals surface area contributed by atoms with E-state index < -0.39 is 35.3 Å². The Balaban J connectivity index is 0.000000714. The molecule has 1 N–H and O–H groups in total. The number of nitrogens with zero attached hydrogens (tertiary/aromatic N) is 5. The van der Waals surface area contributed by atoms with Crippen molar-refractivity contribution in [1.29, 1.82) is 0 Å². The van der Waals surface area contributed by atoms with Crippen LogP contribution in [0.3, 0.4) is 0 Å². The summed E-state index contributed by atoms with van der Waals surface area (Å²) in [5, 5.41) is 2.22. The topological polar surface area (TPSA) is 114 Å². The summed E-state index contributed by atoms with van der Waals surface area (Å²) in [6, 6.07) is 8.05. The first-order valence-electron chi connectivity index (χ1n) is 18.1. The molecule has 5 rings (SSSR count). The summed E-state index contributed by atoms with van der Waals surface area (Å²) in [6.45, 7) is 8.52. The maximum absolute atomic E-state index is 15.8. The van der Waals surface area contributed by atoms with Gasteiger partial charge in [0, 0.05) is 75.9 Å². The molecule has 0 aromatic heterocycles. The van der Waals surface area contributed by atoms with Gasteiger partial charge in [-0.3, -0.25) is 34.2 Å². The molecule has 12 heteroatoms. The third-order valence-corrected chi connectivity index (χ3v) is 10.2. The highest BCUT2D eigenvalue weighted by molar-refractivity contribution is 6.22. The Hall–Kier alpha value is -3.90. The molecule has 0 saturated carbocycles. The van der Waals surface area contributed by atoms with E-state index in [4.69, 9.17) is 0 Å². The molecule has 5 amide bonds. The lowest BCUT2D eigenvalue weighted by atomic mass is 9.92. The van der Waals surface area contributed by atoms with Gasteiger partial charge in [-0.15, -0.1) is 0 Å². The van der Waals surface area contributed by atoms with Crippen LogP contribution in [0.1, 0.15) is 82.0 Å². The molecule has 274 valence electrons. The number of rotatable bonds is 11. The van der Waals surface area contributed by atoms with Crippen LogP contribution in [0.5, 0.6) is 0 Å². The Morgan fingerprint density at radius 2 is 1.62 bits per heavy atom. The van der Waals surface area contributed by atoms with Crippen molar-refractivity contribution in [2.75, 3.05) is 67.0 Å². The molecule has 0 bridgehead atoms. The van der Waals surface area contributed by atoms with Crippen molar-refractivity contribution in [3.05, 3.63) is 58.8 Å². The second-order valence-electron chi connectivity index (χ2n) is 14.0. The molecule has 1 atom stereocenters. The summed E-state index contributed by atoms with van der Waals surface area (Å²) < 4.78 is 15.8. The third kappa shape index (κ3) is 9.87. The highest BCUT2D eigenvalue weighted by atomic mass is 19.1. The van der Waals surface area contributed by atoms with Crippen LogP contribution < -0.4 is 5.32 Å². The Labute approximate surface area is 296 Å². The summed E-state index contributed by atoms with van der Waals surface area (Å²) in [6.07, 6.45) is 7.66. The average Bonchev–Trinajstić information content (AvgIpc) is 3.34. The van der Waals surface area contributed by atoms with Gasteiger partial charge in [0.05, 0.1) is 5.57 Å². The summed E-state index contributed by atoms with van der Waals surface area (Å²) in [7, 11) is 5.97. The lowest BCUT2D eigenvalue weighted by Gasteiger charge is -2.38. The minimum Gasteiger partial charge on any atom is -0.377 e. The summed E-state index contributed by atoms with van der Waals surface area (Å²) in [4.78, 5) is 72.3. The monoisotopic (exact) mass is 694 g/mol. The van der Waals surface area contributed by atoms with Gasteiger partial charge in [-0.1, -0.05) is 38.5 Å². The van der Waals surface area contributed by atoms with E-state index in [1.54, 1.807) is 30.0 Å². The van der Waals surface area contributed by atoms with Gasteiger partial charge in [0.2, 0.25) is 11.8 Å². The van der Waals surface area contributed by atoms with E-state index >= 15 is 4.39 Å². The third-order valence-electron chi connectivity index (χ3n) is 10.2. The fourth-order valence-corrected chi connectivity index (χ4v) is 7.07. The number of imide groups is 2. The van der Waals surface area contributed by atoms with Gasteiger partial charge in [-0.25, -0.2) is 4.39 Å². The number of alkyl halides is 1. The maximum Gasteiger partial charge on any atom is 0.262 e. The van der Waals surface area contributed by atoms with E-state index in [1.807, 2.05) is 49.0 Å². The molecule has 4 aliphatic rings. The molecular weight excluding hydrogens is 639 g/mol. The largest absolute Gasteiger partial charge is 0.377 e. The molecule has 1 aromatic rings. The van der Waals surface area contributed by atoms with E-state index in [-0.39, 0.29) is 43.7 Å². The van der Waals surface area contributed by atoms with Crippen molar-refractivity contribution in [3.63, 3.8) is 0 Å². The van der Waals surface area contributed by atoms with Crippen molar-refractivity contribution >= 4 is 29.5 Å². The molecule has 0 spiro atoms. The molecule has 0 aliphatic carbocycles. The van der Waals surface area contributed by atoms with Crippen LogP contribution in [-0.4, -0.2) is 133 Å². The van der Waals surface area contributed by atoms with Crippen LogP contribution >= 0.6 is 0 Å². The Kier molecular flexibility index (Phi) is 13.9. The second kappa shape index (κ2) is 17.8. The Morgan fingerprint density at radius 1 is 0.960 bits per heavy atom. The zero-order chi connectivity index (χ0) is 36.4. The van der Waals surface area contributed by atoms with Gasteiger partial charge >= 0.3 is 0 Å². The van der Waals surface area contributed by atoms with Crippen molar-refractivity contribution in [3.8, 4) is 0 Å². The van der Waals surface area contributed by atoms with Crippen LogP contribution in [0, 0.1) is 0 Å². The van der Waals surface area contributed by atoms with Crippen LogP contribution in [0.4, 0.5) is 4.39 Å². The number of likely N-dealkylation sites (N-methyl/N-ethyl adjacent to an activating group) is 2. The predicted octanol–water partition coefficient (Wildman–Crippen LogP) is 3.77. The standard InChI is InChI=1S/C32H42FN5O5.C6H13N/c1-5-23(20-25-24(6-2)30(42)38(31(25)43)26-12-13-27(39)34-28(26)40)36(4)19-18-35(3)21-32(33)14-16-37(17-15-32)29(41)22-10-8-7-9-11-22;1-7-5-3-2-4-6-7/h7-11,20,26H,5-6,12-19,21H2,1-4H3,(H,34,39,40);2-6H2,1H3/b23-20+;. The number of allylic oxidation sites excluding steroid dienone is 1. The number of carbonyl (C=O) groups excluding carboxylic acids is 5. The van der Waals surface area contributed by atoms with Gasteiger partial charge < -0.3 is 19.6 Å². The molecule has 4 aliphatic heterocycles. The van der Waals surface area contributed by atoms with Gasteiger partial charge in [-0.05, 0) is 77.5 Å². The molecule has 50 heavy (non-hydrogen) atoms. The van der Waals surface area contributed by atoms with Crippen molar-refractivity contribution in [2.45, 2.75) is 83.3 Å². The molecule has 4 heterocycles. The SMILES string of the molecule is CCC1=C(/C=C(\CC)N(C)CCN(C)CC2(F)CCN(C(=O)c3ccccc3)CC2)C(=O)N(C2CCC(=O)NC2=O)C1=O.CN1CCCCC1. The number of hydrogen-bond donors (Lipinski definition) is 1. The number of piperidine rings is 3. The van der Waals surface area contributed by atoms with Crippen molar-refractivity contribution < 1.29 is 28.4 Å². The lowest BCUT2D eigenvalue weighted by molar-refractivity contribution is -0.150. The first kappa shape index (κ1) is 38.9. The summed E-state index contributed by atoms with van der Waals surface area (Å²) in [5.41, 5.74) is 0.684. The van der Waals surface area contributed by atoms with Gasteiger partial charge in [0.15, 0.2) is 0 Å². The molecule has 3 fully saturated rings. The number of hydrogen-bond acceptors (Lipinski definition) is 8. The number of halogens is 1. The molecule has 1 unspecified atom stereocenters. The first-order valence-corrected chi connectivity index (χ1v) is 18.1. The van der Waals surface area contributed by atoms with Crippen LogP contribution in [-0.2, 0) is 19.2 Å². The molecular formula is C38H55FN6O5. The fraction of sp³-hybridized carbons (Fsp3) is 0.605. The number of likely N-dealkylation sites (tertiary alicyclic amines) is 2. The van der Waals surface area contributed by atoms with Crippen LogP contribution in [0.25, 0.3) is 0 Å². The normalized spacial score (nSPS) is 21.7. The highest BCUT2D eigenvalue weighted by Gasteiger charge is 2.45.